The van der Waals surface area contributed by atoms with Gasteiger partial charge in [-0.1, -0.05) is 42.5 Å². The highest BCUT2D eigenvalue weighted by atomic mass is 16.6. The fourth-order valence-corrected chi connectivity index (χ4v) is 2.04. The first-order valence-electron chi connectivity index (χ1n) is 7.75. The van der Waals surface area contributed by atoms with Crippen LogP contribution in [0.25, 0.3) is 0 Å². The second-order valence-corrected chi connectivity index (χ2v) is 5.45. The lowest BCUT2D eigenvalue weighted by Gasteiger charge is -2.14. The molecular weight excluding hydrogens is 306 g/mol. The Morgan fingerprint density at radius 2 is 1.83 bits per heavy atom. The van der Waals surface area contributed by atoms with Crippen molar-refractivity contribution in [1.29, 1.82) is 0 Å². The van der Waals surface area contributed by atoms with Crippen LogP contribution in [0.2, 0.25) is 0 Å². The number of ether oxygens (including phenoxy) is 2. The quantitative estimate of drug-likeness (QED) is 0.794. The molecule has 5 nitrogen and oxygen atoms in total. The Morgan fingerprint density at radius 3 is 2.54 bits per heavy atom. The molecule has 126 valence electrons. The van der Waals surface area contributed by atoms with Crippen LogP contribution in [0.3, 0.4) is 0 Å². The Hall–Kier alpha value is -2.82. The summed E-state index contributed by atoms with van der Waals surface area (Å²) in [7, 11) is 0. The summed E-state index contributed by atoms with van der Waals surface area (Å²) >= 11 is 0. The summed E-state index contributed by atoms with van der Waals surface area (Å²) < 4.78 is 10.5. The summed E-state index contributed by atoms with van der Waals surface area (Å²) in [5.41, 5.74) is 2.02. The van der Waals surface area contributed by atoms with Gasteiger partial charge in [0.15, 0.2) is 12.7 Å². The van der Waals surface area contributed by atoms with Crippen molar-refractivity contribution in [3.8, 4) is 5.75 Å². The number of esters is 1. The molecule has 0 aliphatic carbocycles. The highest BCUT2D eigenvalue weighted by Crippen LogP contribution is 2.14. The molecule has 2 aromatic rings. The number of carbonyl (C=O) groups is 2. The minimum Gasteiger partial charge on any atom is -0.479 e. The Morgan fingerprint density at radius 1 is 1.08 bits per heavy atom. The fraction of sp³-hybridized carbons (Fsp3) is 0.263. The van der Waals surface area contributed by atoms with Gasteiger partial charge in [0.05, 0.1) is 0 Å². The predicted molar refractivity (Wildman–Crippen MR) is 90.5 cm³/mol. The van der Waals surface area contributed by atoms with Crippen LogP contribution in [-0.2, 0) is 20.9 Å². The number of rotatable bonds is 7. The van der Waals surface area contributed by atoms with Gasteiger partial charge in [0.2, 0.25) is 0 Å². The molecule has 2 aromatic carbocycles. The van der Waals surface area contributed by atoms with Crippen LogP contribution in [0, 0.1) is 6.92 Å². The van der Waals surface area contributed by atoms with E-state index >= 15 is 0 Å². The molecule has 0 aliphatic rings. The van der Waals surface area contributed by atoms with Gasteiger partial charge < -0.3 is 14.8 Å². The number of benzene rings is 2. The SMILES string of the molecule is Cc1cccc(O[C@@H](C)C(=O)OCC(=O)NCc2ccccc2)c1. The highest BCUT2D eigenvalue weighted by Gasteiger charge is 2.17. The molecule has 1 atom stereocenters. The molecule has 1 amide bonds. The van der Waals surface area contributed by atoms with Gasteiger partial charge in [-0.3, -0.25) is 4.79 Å². The van der Waals surface area contributed by atoms with E-state index in [1.54, 1.807) is 13.0 Å². The van der Waals surface area contributed by atoms with Crippen LogP contribution < -0.4 is 10.1 Å². The monoisotopic (exact) mass is 327 g/mol. The third-order valence-corrected chi connectivity index (χ3v) is 3.31. The second kappa shape index (κ2) is 8.72. The summed E-state index contributed by atoms with van der Waals surface area (Å²) in [6, 6.07) is 16.9. The summed E-state index contributed by atoms with van der Waals surface area (Å²) in [6.45, 7) is 3.60. The van der Waals surface area contributed by atoms with Gasteiger partial charge in [-0.25, -0.2) is 4.79 Å². The average molecular weight is 327 g/mol. The van der Waals surface area contributed by atoms with Crippen LogP contribution in [0.5, 0.6) is 5.75 Å². The first kappa shape index (κ1) is 17.5. The van der Waals surface area contributed by atoms with Crippen molar-refractivity contribution < 1.29 is 19.1 Å². The highest BCUT2D eigenvalue weighted by molar-refractivity contribution is 5.81. The van der Waals surface area contributed by atoms with Crippen molar-refractivity contribution in [3.63, 3.8) is 0 Å². The van der Waals surface area contributed by atoms with Crippen molar-refractivity contribution >= 4 is 11.9 Å². The van der Waals surface area contributed by atoms with Crippen molar-refractivity contribution in [2.24, 2.45) is 0 Å². The van der Waals surface area contributed by atoms with Gasteiger partial charge in [-0.15, -0.1) is 0 Å². The summed E-state index contributed by atoms with van der Waals surface area (Å²) in [4.78, 5) is 23.6. The lowest BCUT2D eigenvalue weighted by atomic mass is 10.2. The zero-order valence-corrected chi connectivity index (χ0v) is 13.8. The summed E-state index contributed by atoms with van der Waals surface area (Å²) in [6.07, 6.45) is -0.784. The second-order valence-electron chi connectivity index (χ2n) is 5.45. The molecule has 0 unspecified atom stereocenters. The molecule has 0 spiro atoms. The van der Waals surface area contributed by atoms with Crippen LogP contribution in [0.1, 0.15) is 18.1 Å². The first-order chi connectivity index (χ1) is 11.5. The molecule has 2 rings (SSSR count). The van der Waals surface area contributed by atoms with Crippen LogP contribution in [0.4, 0.5) is 0 Å². The number of hydrogen-bond acceptors (Lipinski definition) is 4. The van der Waals surface area contributed by atoms with E-state index in [4.69, 9.17) is 9.47 Å². The van der Waals surface area contributed by atoms with E-state index in [0.29, 0.717) is 12.3 Å². The molecule has 1 N–H and O–H groups in total. The number of hydrogen-bond donors (Lipinski definition) is 1. The lowest BCUT2D eigenvalue weighted by Crippen LogP contribution is -2.32. The normalized spacial score (nSPS) is 11.4. The van der Waals surface area contributed by atoms with Gasteiger partial charge in [0.25, 0.3) is 5.91 Å². The smallest absolute Gasteiger partial charge is 0.347 e. The molecule has 0 bridgehead atoms. The minimum absolute atomic E-state index is 0.326. The molecule has 0 radical (unpaired) electrons. The first-order valence-corrected chi connectivity index (χ1v) is 7.75. The van der Waals surface area contributed by atoms with Crippen molar-refractivity contribution in [1.82, 2.24) is 5.32 Å². The van der Waals surface area contributed by atoms with E-state index < -0.39 is 12.1 Å². The summed E-state index contributed by atoms with van der Waals surface area (Å²) in [5, 5.41) is 2.69. The maximum atomic E-state index is 11.9. The summed E-state index contributed by atoms with van der Waals surface area (Å²) in [5.74, 6) is -0.339. The molecular formula is C19H21NO4. The molecule has 0 aliphatic heterocycles. The Kier molecular flexibility index (Phi) is 6.37. The van der Waals surface area contributed by atoms with Crippen molar-refractivity contribution in [2.75, 3.05) is 6.61 Å². The average Bonchev–Trinajstić information content (AvgIpc) is 2.58. The van der Waals surface area contributed by atoms with Crippen molar-refractivity contribution in [3.05, 3.63) is 65.7 Å². The Labute approximate surface area is 141 Å². The third kappa shape index (κ3) is 5.76. The van der Waals surface area contributed by atoms with Gasteiger partial charge >= 0.3 is 5.97 Å². The number of amides is 1. The molecule has 0 saturated heterocycles. The topological polar surface area (TPSA) is 64.6 Å². The van der Waals surface area contributed by atoms with Gasteiger partial charge in [-0.2, -0.15) is 0 Å². The molecule has 5 heteroatoms. The molecule has 0 saturated carbocycles. The Balaban J connectivity index is 1.72. The molecule has 0 heterocycles. The number of nitrogens with one attached hydrogen (secondary N) is 1. The maximum absolute atomic E-state index is 11.9. The third-order valence-electron chi connectivity index (χ3n) is 3.31. The molecule has 0 fully saturated rings. The maximum Gasteiger partial charge on any atom is 0.347 e. The van der Waals surface area contributed by atoms with E-state index in [2.05, 4.69) is 5.32 Å². The molecule has 24 heavy (non-hydrogen) atoms. The zero-order chi connectivity index (χ0) is 17.4. The predicted octanol–water partition coefficient (Wildman–Crippen LogP) is 2.62. The van der Waals surface area contributed by atoms with Gasteiger partial charge in [0.1, 0.15) is 5.75 Å². The number of aryl methyl sites for hydroxylation is 1. The van der Waals surface area contributed by atoms with E-state index in [1.807, 2.05) is 55.5 Å². The minimum atomic E-state index is -0.784. The molecule has 0 aromatic heterocycles. The van der Waals surface area contributed by atoms with Crippen LogP contribution >= 0.6 is 0 Å². The Bertz CT molecular complexity index is 685. The van der Waals surface area contributed by atoms with E-state index in [1.165, 1.54) is 0 Å². The van der Waals surface area contributed by atoms with Crippen LogP contribution in [0.15, 0.2) is 54.6 Å². The van der Waals surface area contributed by atoms with E-state index in [-0.39, 0.29) is 12.5 Å². The zero-order valence-electron chi connectivity index (χ0n) is 13.8. The fourth-order valence-electron chi connectivity index (χ4n) is 2.04. The van der Waals surface area contributed by atoms with Crippen molar-refractivity contribution in [2.45, 2.75) is 26.5 Å². The largest absolute Gasteiger partial charge is 0.479 e. The lowest BCUT2D eigenvalue weighted by molar-refractivity contribution is -0.154. The van der Waals surface area contributed by atoms with E-state index in [9.17, 15) is 9.59 Å². The van der Waals surface area contributed by atoms with Gasteiger partial charge in [0, 0.05) is 6.54 Å². The van der Waals surface area contributed by atoms with Gasteiger partial charge in [-0.05, 0) is 37.1 Å². The van der Waals surface area contributed by atoms with E-state index in [0.717, 1.165) is 11.1 Å². The van der Waals surface area contributed by atoms with Crippen LogP contribution in [-0.4, -0.2) is 24.6 Å². The number of carbonyl (C=O) groups excluding carboxylic acids is 2. The standard InChI is InChI=1S/C19H21NO4/c1-14-7-6-10-17(11-14)24-15(2)19(22)23-13-18(21)20-12-16-8-4-3-5-9-16/h3-11,15H,12-13H2,1-2H3,(H,20,21)/t15-/m0/s1.